The molecular weight excluding hydrogens is 237 g/mol. The molecule has 4 N–H and O–H groups in total. The first-order valence-electron chi connectivity index (χ1n) is 5.46. The Morgan fingerprint density at radius 1 is 1.56 bits per heavy atom. The number of carbonyl (C=O) groups excluding carboxylic acids is 1. The number of ether oxygens (including phenoxy) is 1. The third-order valence-electron chi connectivity index (χ3n) is 2.85. The van der Waals surface area contributed by atoms with Crippen LogP contribution in [0.3, 0.4) is 0 Å². The Morgan fingerprint density at radius 2 is 2.33 bits per heavy atom. The second-order valence-electron chi connectivity index (χ2n) is 4.21. The number of benzene rings is 1. The molecule has 0 spiro atoms. The van der Waals surface area contributed by atoms with E-state index in [4.69, 9.17) is 16.2 Å². The third-order valence-corrected chi connectivity index (χ3v) is 2.85. The van der Waals surface area contributed by atoms with Gasteiger partial charge in [-0.05, 0) is 17.7 Å². The van der Waals surface area contributed by atoms with E-state index in [1.165, 1.54) is 6.07 Å². The Labute approximate surface area is 104 Å². The molecule has 0 aromatic heterocycles. The molecule has 1 unspecified atom stereocenters. The zero-order valence-corrected chi connectivity index (χ0v) is 9.73. The van der Waals surface area contributed by atoms with E-state index in [2.05, 4.69) is 4.99 Å². The van der Waals surface area contributed by atoms with Gasteiger partial charge in [-0.2, -0.15) is 0 Å². The molecule has 1 amide bonds. The fraction of sp³-hybridized carbons (Fsp3) is 0.333. The Morgan fingerprint density at radius 3 is 2.94 bits per heavy atom. The predicted octanol–water partition coefficient (Wildman–Crippen LogP) is 0.338. The van der Waals surface area contributed by atoms with Crippen molar-refractivity contribution in [3.63, 3.8) is 0 Å². The van der Waals surface area contributed by atoms with E-state index < -0.39 is 18.1 Å². The topological polar surface area (TPSA) is 90.7 Å². The van der Waals surface area contributed by atoms with Crippen LogP contribution in [0.1, 0.15) is 15.9 Å². The van der Waals surface area contributed by atoms with Crippen molar-refractivity contribution in [1.29, 1.82) is 0 Å². The van der Waals surface area contributed by atoms with Gasteiger partial charge in [-0.15, -0.1) is 0 Å². The summed E-state index contributed by atoms with van der Waals surface area (Å²) in [6.45, 7) is -0.473. The highest BCUT2D eigenvalue weighted by Gasteiger charge is 2.35. The van der Waals surface area contributed by atoms with Crippen LogP contribution in [0, 0.1) is 0 Å². The molecular formula is C12H14FN3O2. The molecule has 96 valence electrons. The van der Waals surface area contributed by atoms with Gasteiger partial charge < -0.3 is 16.2 Å². The molecule has 18 heavy (non-hydrogen) atoms. The number of hydrogen-bond donors (Lipinski definition) is 2. The molecule has 1 heterocycles. The molecule has 0 saturated carbocycles. The lowest BCUT2D eigenvalue weighted by Gasteiger charge is -2.31. The van der Waals surface area contributed by atoms with Gasteiger partial charge in [0.25, 0.3) is 0 Å². The molecule has 1 aliphatic heterocycles. The normalized spacial score (nSPS) is 23.5. The van der Waals surface area contributed by atoms with Crippen LogP contribution in [0.5, 0.6) is 0 Å². The minimum absolute atomic E-state index is 0.0897. The first-order valence-corrected chi connectivity index (χ1v) is 5.46. The second-order valence-corrected chi connectivity index (χ2v) is 4.21. The number of nitrogens with zero attached hydrogens (tertiary/aromatic N) is 1. The highest BCUT2D eigenvalue weighted by atomic mass is 19.1. The molecule has 1 aliphatic rings. The summed E-state index contributed by atoms with van der Waals surface area (Å²) in [6.07, 6.45) is 0. The number of nitrogens with two attached hydrogens (primary N) is 2. The van der Waals surface area contributed by atoms with Gasteiger partial charge >= 0.3 is 0 Å². The highest BCUT2D eigenvalue weighted by Crippen LogP contribution is 2.30. The maximum Gasteiger partial charge on any atom is 0.248 e. The van der Waals surface area contributed by atoms with Gasteiger partial charge in [0.1, 0.15) is 24.7 Å². The maximum absolute atomic E-state index is 13.4. The number of rotatable bonds is 3. The molecule has 1 aromatic rings. The van der Waals surface area contributed by atoms with Crippen molar-refractivity contribution in [2.45, 2.75) is 5.54 Å². The number of halogens is 1. The van der Waals surface area contributed by atoms with Gasteiger partial charge in [-0.3, -0.25) is 9.79 Å². The molecule has 0 fully saturated rings. The van der Waals surface area contributed by atoms with Crippen LogP contribution >= 0.6 is 0 Å². The monoisotopic (exact) mass is 251 g/mol. The molecule has 0 radical (unpaired) electrons. The SMILES string of the molecule is NC(=O)c1cccc(C2(CF)COCC(N)=N2)c1. The predicted molar refractivity (Wildman–Crippen MR) is 65.1 cm³/mol. The molecule has 0 bridgehead atoms. The molecule has 5 nitrogen and oxygen atoms in total. The smallest absolute Gasteiger partial charge is 0.248 e. The van der Waals surface area contributed by atoms with Crippen LogP contribution in [0.2, 0.25) is 0 Å². The summed E-state index contributed by atoms with van der Waals surface area (Å²) < 4.78 is 18.6. The summed E-state index contributed by atoms with van der Waals surface area (Å²) >= 11 is 0. The van der Waals surface area contributed by atoms with E-state index >= 15 is 0 Å². The maximum atomic E-state index is 13.4. The minimum Gasteiger partial charge on any atom is -0.385 e. The van der Waals surface area contributed by atoms with Crippen molar-refractivity contribution >= 4 is 11.7 Å². The first-order chi connectivity index (χ1) is 8.57. The quantitative estimate of drug-likeness (QED) is 0.811. The first kappa shape index (κ1) is 12.5. The molecule has 6 heteroatoms. The zero-order valence-electron chi connectivity index (χ0n) is 9.73. The number of hydrogen-bond acceptors (Lipinski definition) is 4. The summed E-state index contributed by atoms with van der Waals surface area (Å²) in [5, 5.41) is 0. The number of carbonyl (C=O) groups is 1. The second kappa shape index (κ2) is 4.73. The van der Waals surface area contributed by atoms with Crippen molar-refractivity contribution in [3.8, 4) is 0 Å². The van der Waals surface area contributed by atoms with Crippen molar-refractivity contribution in [2.75, 3.05) is 19.9 Å². The van der Waals surface area contributed by atoms with Crippen molar-refractivity contribution in [3.05, 3.63) is 35.4 Å². The van der Waals surface area contributed by atoms with Gasteiger partial charge in [0, 0.05) is 5.56 Å². The Kier molecular flexibility index (Phi) is 3.29. The van der Waals surface area contributed by atoms with Crippen LogP contribution in [-0.4, -0.2) is 31.6 Å². The Bertz CT molecular complexity index is 504. The van der Waals surface area contributed by atoms with E-state index in [0.29, 0.717) is 11.1 Å². The van der Waals surface area contributed by atoms with Crippen LogP contribution in [0.15, 0.2) is 29.3 Å². The Balaban J connectivity index is 2.47. The summed E-state index contributed by atoms with van der Waals surface area (Å²) in [7, 11) is 0. The largest absolute Gasteiger partial charge is 0.385 e. The lowest BCUT2D eigenvalue weighted by atomic mass is 9.90. The van der Waals surface area contributed by atoms with Crippen LogP contribution in [0.4, 0.5) is 4.39 Å². The Hall–Kier alpha value is -1.95. The van der Waals surface area contributed by atoms with Crippen molar-refractivity contribution in [1.82, 2.24) is 0 Å². The van der Waals surface area contributed by atoms with E-state index in [1.54, 1.807) is 18.2 Å². The standard InChI is InChI=1S/C12H14FN3O2/c13-6-12(7-18-5-10(14)16-12)9-3-1-2-8(4-9)11(15)17/h1-4H,5-7H2,(H2,14,16)(H2,15,17). The average molecular weight is 251 g/mol. The minimum atomic E-state index is -1.17. The molecule has 1 atom stereocenters. The zero-order chi connectivity index (χ0) is 13.2. The molecule has 0 saturated heterocycles. The average Bonchev–Trinajstić information content (AvgIpc) is 2.38. The van der Waals surface area contributed by atoms with E-state index in [1.807, 2.05) is 0 Å². The van der Waals surface area contributed by atoms with Gasteiger partial charge in [0.2, 0.25) is 5.91 Å². The third kappa shape index (κ3) is 2.19. The molecule has 2 rings (SSSR count). The number of amidine groups is 1. The van der Waals surface area contributed by atoms with E-state index in [9.17, 15) is 9.18 Å². The van der Waals surface area contributed by atoms with E-state index in [0.717, 1.165) is 0 Å². The highest BCUT2D eigenvalue weighted by molar-refractivity contribution is 5.93. The fourth-order valence-corrected chi connectivity index (χ4v) is 1.92. The molecule has 1 aromatic carbocycles. The van der Waals surface area contributed by atoms with Gasteiger partial charge in [0.05, 0.1) is 6.61 Å². The van der Waals surface area contributed by atoms with Crippen LogP contribution < -0.4 is 11.5 Å². The number of amides is 1. The van der Waals surface area contributed by atoms with Crippen LogP contribution in [-0.2, 0) is 10.3 Å². The van der Waals surface area contributed by atoms with Gasteiger partial charge in [-0.1, -0.05) is 12.1 Å². The summed E-state index contributed by atoms with van der Waals surface area (Å²) in [5.74, 6) is -0.331. The summed E-state index contributed by atoms with van der Waals surface area (Å²) in [4.78, 5) is 15.3. The van der Waals surface area contributed by atoms with Gasteiger partial charge in [-0.25, -0.2) is 4.39 Å². The lowest BCUT2D eigenvalue weighted by molar-refractivity contribution is 0.0826. The molecule has 0 aliphatic carbocycles. The number of aliphatic imine (C=N–C) groups is 1. The summed E-state index contributed by atoms with van der Waals surface area (Å²) in [5.41, 5.74) is 10.5. The fourth-order valence-electron chi connectivity index (χ4n) is 1.92. The number of primary amides is 1. The lowest BCUT2D eigenvalue weighted by Crippen LogP contribution is -2.41. The van der Waals surface area contributed by atoms with E-state index in [-0.39, 0.29) is 19.0 Å². The van der Waals surface area contributed by atoms with Crippen LogP contribution in [0.25, 0.3) is 0 Å². The van der Waals surface area contributed by atoms with Crippen molar-refractivity contribution < 1.29 is 13.9 Å². The van der Waals surface area contributed by atoms with Crippen molar-refractivity contribution in [2.24, 2.45) is 16.5 Å². The number of alkyl halides is 1. The summed E-state index contributed by atoms with van der Waals surface area (Å²) in [6, 6.07) is 6.40. The van der Waals surface area contributed by atoms with Gasteiger partial charge in [0.15, 0.2) is 0 Å².